The molecule has 0 saturated heterocycles. The van der Waals surface area contributed by atoms with Crippen molar-refractivity contribution in [2.75, 3.05) is 19.6 Å². The van der Waals surface area contributed by atoms with E-state index in [-0.39, 0.29) is 0 Å². The number of rotatable bonds is 4. The monoisotopic (exact) mass is 264 g/mol. The lowest BCUT2D eigenvalue weighted by Gasteiger charge is -2.43. The molecule has 3 heteroatoms. The van der Waals surface area contributed by atoms with Crippen molar-refractivity contribution < 1.29 is 0 Å². The Labute approximate surface area is 114 Å². The van der Waals surface area contributed by atoms with Gasteiger partial charge in [-0.3, -0.25) is 4.90 Å². The van der Waals surface area contributed by atoms with Crippen molar-refractivity contribution in [3.63, 3.8) is 0 Å². The molecule has 1 atom stereocenters. The molecule has 0 bridgehead atoms. The maximum Gasteiger partial charge on any atom is 0.0331 e. The number of nitrogens with two attached hydrogens (primary N) is 1. The van der Waals surface area contributed by atoms with Crippen LogP contribution in [0.3, 0.4) is 0 Å². The Morgan fingerprint density at radius 3 is 3.00 bits per heavy atom. The van der Waals surface area contributed by atoms with Crippen LogP contribution in [0.5, 0.6) is 0 Å². The van der Waals surface area contributed by atoms with Crippen molar-refractivity contribution in [1.82, 2.24) is 4.90 Å². The normalized spacial score (nSPS) is 26.7. The van der Waals surface area contributed by atoms with Gasteiger partial charge >= 0.3 is 0 Å². The minimum atomic E-state index is 0.495. The first-order valence-electron chi connectivity index (χ1n) is 7.24. The molecule has 2 aliphatic rings. The van der Waals surface area contributed by atoms with Crippen LogP contribution >= 0.6 is 11.3 Å². The lowest BCUT2D eigenvalue weighted by molar-refractivity contribution is 0.0914. The van der Waals surface area contributed by atoms with E-state index in [1.807, 2.05) is 11.3 Å². The molecule has 0 amide bonds. The second kappa shape index (κ2) is 4.95. The van der Waals surface area contributed by atoms with E-state index in [1.165, 1.54) is 45.2 Å². The van der Waals surface area contributed by atoms with E-state index in [9.17, 15) is 0 Å². The third kappa shape index (κ3) is 2.13. The summed E-state index contributed by atoms with van der Waals surface area (Å²) in [6.45, 7) is 5.71. The van der Waals surface area contributed by atoms with Crippen LogP contribution in [-0.4, -0.2) is 24.5 Å². The van der Waals surface area contributed by atoms with E-state index in [2.05, 4.69) is 23.3 Å². The Morgan fingerprint density at radius 1 is 1.50 bits per heavy atom. The van der Waals surface area contributed by atoms with Crippen molar-refractivity contribution >= 4 is 11.3 Å². The average molecular weight is 264 g/mol. The largest absolute Gasteiger partial charge is 0.330 e. The zero-order chi connectivity index (χ0) is 12.6. The molecule has 2 heterocycles. The zero-order valence-electron chi connectivity index (χ0n) is 11.3. The summed E-state index contributed by atoms with van der Waals surface area (Å²) in [4.78, 5) is 4.26. The number of nitrogens with zero attached hydrogens (tertiary/aromatic N) is 1. The summed E-state index contributed by atoms with van der Waals surface area (Å²) in [6.07, 6.45) is 6.65. The Hall–Kier alpha value is -0.380. The third-order valence-electron chi connectivity index (χ3n) is 5.18. The quantitative estimate of drug-likeness (QED) is 0.905. The molecule has 1 aliphatic carbocycles. The number of hydrogen-bond donors (Lipinski definition) is 1. The second-order valence-corrected chi connectivity index (χ2v) is 7.07. The highest BCUT2D eigenvalue weighted by molar-refractivity contribution is 7.10. The van der Waals surface area contributed by atoms with E-state index in [4.69, 9.17) is 5.73 Å². The molecule has 2 N–H and O–H groups in total. The van der Waals surface area contributed by atoms with Crippen molar-refractivity contribution in [1.29, 1.82) is 0 Å². The molecule has 18 heavy (non-hydrogen) atoms. The average Bonchev–Trinajstić information content (AvgIpc) is 2.80. The van der Waals surface area contributed by atoms with Gasteiger partial charge in [-0.1, -0.05) is 6.42 Å². The van der Waals surface area contributed by atoms with E-state index in [0.717, 1.165) is 6.54 Å². The predicted molar refractivity (Wildman–Crippen MR) is 78.0 cm³/mol. The van der Waals surface area contributed by atoms with Crippen LogP contribution in [0.25, 0.3) is 0 Å². The molecule has 0 radical (unpaired) electrons. The molecule has 1 saturated carbocycles. The maximum absolute atomic E-state index is 5.96. The van der Waals surface area contributed by atoms with Gasteiger partial charge in [0.15, 0.2) is 0 Å². The molecule has 100 valence electrons. The number of hydrogen-bond acceptors (Lipinski definition) is 3. The smallest absolute Gasteiger partial charge is 0.0331 e. The highest BCUT2D eigenvalue weighted by Crippen LogP contribution is 2.43. The van der Waals surface area contributed by atoms with Gasteiger partial charge in [0, 0.05) is 17.5 Å². The van der Waals surface area contributed by atoms with Crippen LogP contribution in [0.15, 0.2) is 11.4 Å². The summed E-state index contributed by atoms with van der Waals surface area (Å²) in [6, 6.07) is 2.92. The van der Waals surface area contributed by atoms with Crippen LogP contribution in [0.2, 0.25) is 0 Å². The Kier molecular flexibility index (Phi) is 3.48. The summed E-state index contributed by atoms with van der Waals surface area (Å²) in [5.41, 5.74) is 8.03. The number of thiophene rings is 1. The van der Waals surface area contributed by atoms with Crippen LogP contribution in [0, 0.1) is 5.41 Å². The number of fused-ring (bicyclic) bond motifs is 1. The van der Waals surface area contributed by atoms with Crippen molar-refractivity contribution in [2.45, 2.75) is 45.1 Å². The van der Waals surface area contributed by atoms with Crippen LogP contribution < -0.4 is 5.73 Å². The van der Waals surface area contributed by atoms with Gasteiger partial charge in [-0.05, 0) is 68.1 Å². The molecule has 1 unspecified atom stereocenters. The van der Waals surface area contributed by atoms with Crippen LogP contribution in [0.1, 0.15) is 49.1 Å². The van der Waals surface area contributed by atoms with Gasteiger partial charge in [0.1, 0.15) is 0 Å². The van der Waals surface area contributed by atoms with E-state index < -0.39 is 0 Å². The van der Waals surface area contributed by atoms with E-state index in [1.54, 1.807) is 10.4 Å². The molecule has 1 aromatic rings. The van der Waals surface area contributed by atoms with Gasteiger partial charge in [0.2, 0.25) is 0 Å². The standard InChI is InChI=1S/C15H24N2S/c1-12-13-4-10-18-14(13)3-8-17(12)9-7-15(11-16)5-2-6-15/h4,10,12H,2-3,5-9,11,16H2,1H3. The van der Waals surface area contributed by atoms with Gasteiger partial charge < -0.3 is 5.73 Å². The summed E-state index contributed by atoms with van der Waals surface area (Å²) < 4.78 is 0. The highest BCUT2D eigenvalue weighted by atomic mass is 32.1. The zero-order valence-corrected chi connectivity index (χ0v) is 12.1. The van der Waals surface area contributed by atoms with Gasteiger partial charge in [0.25, 0.3) is 0 Å². The molecule has 1 fully saturated rings. The summed E-state index contributed by atoms with van der Waals surface area (Å²) in [5, 5.41) is 2.25. The van der Waals surface area contributed by atoms with E-state index >= 15 is 0 Å². The molecule has 2 nitrogen and oxygen atoms in total. The van der Waals surface area contributed by atoms with Gasteiger partial charge in [-0.25, -0.2) is 0 Å². The first kappa shape index (κ1) is 12.6. The fourth-order valence-corrected chi connectivity index (χ4v) is 4.44. The molecular weight excluding hydrogens is 240 g/mol. The topological polar surface area (TPSA) is 29.3 Å². The Balaban J connectivity index is 1.61. The maximum atomic E-state index is 5.96. The van der Waals surface area contributed by atoms with Crippen LogP contribution in [-0.2, 0) is 6.42 Å². The molecule has 0 spiro atoms. The molecule has 1 aliphatic heterocycles. The van der Waals surface area contributed by atoms with Crippen molar-refractivity contribution in [3.8, 4) is 0 Å². The van der Waals surface area contributed by atoms with Crippen molar-refractivity contribution in [2.24, 2.45) is 11.1 Å². The minimum absolute atomic E-state index is 0.495. The minimum Gasteiger partial charge on any atom is -0.330 e. The van der Waals surface area contributed by atoms with Gasteiger partial charge in [0.05, 0.1) is 0 Å². The fourth-order valence-electron chi connectivity index (χ4n) is 3.48. The summed E-state index contributed by atoms with van der Waals surface area (Å²) >= 11 is 1.93. The lowest BCUT2D eigenvalue weighted by Crippen LogP contribution is -2.42. The van der Waals surface area contributed by atoms with E-state index in [0.29, 0.717) is 11.5 Å². The Bertz CT molecular complexity index is 403. The third-order valence-corrected chi connectivity index (χ3v) is 6.18. The van der Waals surface area contributed by atoms with Crippen LogP contribution in [0.4, 0.5) is 0 Å². The highest BCUT2D eigenvalue weighted by Gasteiger charge is 2.36. The second-order valence-electron chi connectivity index (χ2n) is 6.07. The summed E-state index contributed by atoms with van der Waals surface area (Å²) in [5.74, 6) is 0. The first-order chi connectivity index (χ1) is 8.74. The van der Waals surface area contributed by atoms with Gasteiger partial charge in [-0.15, -0.1) is 11.3 Å². The molecule has 0 aromatic carbocycles. The molecular formula is C15H24N2S. The summed E-state index contributed by atoms with van der Waals surface area (Å²) in [7, 11) is 0. The fraction of sp³-hybridized carbons (Fsp3) is 0.733. The predicted octanol–water partition coefficient (Wildman–Crippen LogP) is 3.19. The first-order valence-corrected chi connectivity index (χ1v) is 8.12. The lowest BCUT2D eigenvalue weighted by atomic mass is 9.66. The molecule has 1 aromatic heterocycles. The molecule has 3 rings (SSSR count). The van der Waals surface area contributed by atoms with Gasteiger partial charge in [-0.2, -0.15) is 0 Å². The Morgan fingerprint density at radius 2 is 2.33 bits per heavy atom. The van der Waals surface area contributed by atoms with Crippen molar-refractivity contribution in [3.05, 3.63) is 21.9 Å². The SMILES string of the molecule is CC1c2ccsc2CCN1CCC1(CN)CCC1.